The number of halogens is 1. The summed E-state index contributed by atoms with van der Waals surface area (Å²) in [6, 6.07) is 7.77. The molecule has 0 aromatic heterocycles. The lowest BCUT2D eigenvalue weighted by molar-refractivity contribution is -0.140. The molecule has 3 fully saturated rings. The molecule has 1 aliphatic heterocycles. The van der Waals surface area contributed by atoms with Crippen LogP contribution in [0, 0.1) is 17.3 Å². The fourth-order valence-corrected chi connectivity index (χ4v) is 4.43. The lowest BCUT2D eigenvalue weighted by Gasteiger charge is -2.33. The van der Waals surface area contributed by atoms with Gasteiger partial charge < -0.3 is 10.0 Å². The van der Waals surface area contributed by atoms with E-state index in [-0.39, 0.29) is 23.2 Å². The van der Waals surface area contributed by atoms with Crippen LogP contribution in [0.3, 0.4) is 0 Å². The van der Waals surface area contributed by atoms with Crippen molar-refractivity contribution in [2.45, 2.75) is 31.6 Å². The summed E-state index contributed by atoms with van der Waals surface area (Å²) in [5.41, 5.74) is 1.14. The zero-order chi connectivity index (χ0) is 16.2. The first-order valence-electron chi connectivity index (χ1n) is 8.27. The van der Waals surface area contributed by atoms with Crippen LogP contribution >= 0.6 is 11.6 Å². The van der Waals surface area contributed by atoms with Crippen molar-refractivity contribution in [3.63, 3.8) is 0 Å². The molecule has 2 aliphatic carbocycles. The highest BCUT2D eigenvalue weighted by Crippen LogP contribution is 2.60. The number of nitrogens with zero attached hydrogens (tertiary/aromatic N) is 1. The van der Waals surface area contributed by atoms with Crippen LogP contribution in [0.25, 0.3) is 0 Å². The number of piperidine rings is 1. The predicted molar refractivity (Wildman–Crippen MR) is 86.3 cm³/mol. The number of rotatable bonds is 3. The molecule has 3 atom stereocenters. The topological polar surface area (TPSA) is 57.6 Å². The van der Waals surface area contributed by atoms with E-state index in [0.717, 1.165) is 31.2 Å². The number of carboxylic acids is 1. The van der Waals surface area contributed by atoms with E-state index < -0.39 is 5.97 Å². The minimum Gasteiger partial charge on any atom is -0.481 e. The summed E-state index contributed by atoms with van der Waals surface area (Å²) in [5.74, 6) is -0.244. The van der Waals surface area contributed by atoms with Gasteiger partial charge in [0.15, 0.2) is 0 Å². The smallest absolute Gasteiger partial charge is 0.307 e. The van der Waals surface area contributed by atoms with E-state index in [0.29, 0.717) is 24.0 Å². The summed E-state index contributed by atoms with van der Waals surface area (Å²) in [5, 5.41) is 9.85. The minimum absolute atomic E-state index is 0.0154. The zero-order valence-corrected chi connectivity index (χ0v) is 13.6. The van der Waals surface area contributed by atoms with Crippen molar-refractivity contribution in [1.29, 1.82) is 0 Å². The molecule has 4 rings (SSSR count). The van der Waals surface area contributed by atoms with Crippen LogP contribution in [0.1, 0.15) is 37.2 Å². The molecule has 5 heteroatoms. The Morgan fingerprint density at radius 2 is 2.00 bits per heavy atom. The second kappa shape index (κ2) is 5.23. The van der Waals surface area contributed by atoms with Crippen molar-refractivity contribution in [1.82, 2.24) is 4.90 Å². The Kier molecular flexibility index (Phi) is 3.41. The van der Waals surface area contributed by atoms with Gasteiger partial charge in [-0.2, -0.15) is 0 Å². The molecular formula is C18H20ClNO3. The first-order valence-corrected chi connectivity index (χ1v) is 8.65. The first-order chi connectivity index (χ1) is 11.0. The maximum absolute atomic E-state index is 12.7. The average Bonchev–Trinajstić information content (AvgIpc) is 3.42. The highest BCUT2D eigenvalue weighted by Gasteiger charge is 2.59. The molecule has 23 heavy (non-hydrogen) atoms. The van der Waals surface area contributed by atoms with Gasteiger partial charge in [0.05, 0.1) is 5.92 Å². The summed E-state index contributed by atoms with van der Waals surface area (Å²) in [4.78, 5) is 25.7. The van der Waals surface area contributed by atoms with Gasteiger partial charge in [-0.05, 0) is 54.7 Å². The van der Waals surface area contributed by atoms with E-state index in [1.54, 1.807) is 0 Å². The number of benzene rings is 1. The van der Waals surface area contributed by atoms with Crippen molar-refractivity contribution in [3.05, 3.63) is 34.9 Å². The summed E-state index contributed by atoms with van der Waals surface area (Å²) in [7, 11) is 0. The molecule has 1 spiro atoms. The molecule has 3 unspecified atom stereocenters. The fraction of sp³-hybridized carbons (Fsp3) is 0.556. The second-order valence-electron chi connectivity index (χ2n) is 7.29. The molecule has 1 amide bonds. The highest BCUT2D eigenvalue weighted by molar-refractivity contribution is 6.30. The molecule has 2 saturated carbocycles. The van der Waals surface area contributed by atoms with E-state index >= 15 is 0 Å². The maximum atomic E-state index is 12.7. The predicted octanol–water partition coefficient (Wildman–Crippen LogP) is 3.16. The van der Waals surface area contributed by atoms with Crippen LogP contribution in [0.2, 0.25) is 5.02 Å². The Balaban J connectivity index is 1.34. The maximum Gasteiger partial charge on any atom is 0.307 e. The quantitative estimate of drug-likeness (QED) is 0.924. The summed E-state index contributed by atoms with van der Waals surface area (Å²) >= 11 is 6.03. The third-order valence-corrected chi connectivity index (χ3v) is 6.18. The highest BCUT2D eigenvalue weighted by atomic mass is 35.5. The van der Waals surface area contributed by atoms with Gasteiger partial charge in [-0.15, -0.1) is 0 Å². The van der Waals surface area contributed by atoms with Gasteiger partial charge in [0.25, 0.3) is 0 Å². The lowest BCUT2D eigenvalue weighted by atomic mass is 9.90. The van der Waals surface area contributed by atoms with Crippen LogP contribution in [0.5, 0.6) is 0 Å². The standard InChI is InChI=1S/C18H20ClNO3/c19-12-3-1-2-11(8-12)13-9-14(13)16(21)20-6-4-18(5-7-20)10-15(18)17(22)23/h1-3,8,13-15H,4-7,9-10H2,(H,22,23). The van der Waals surface area contributed by atoms with Gasteiger partial charge in [0.1, 0.15) is 0 Å². The number of likely N-dealkylation sites (tertiary alicyclic amines) is 1. The Bertz CT molecular complexity index is 666. The summed E-state index contributed by atoms with van der Waals surface area (Å²) in [6.45, 7) is 1.42. The van der Waals surface area contributed by atoms with E-state index in [1.807, 2.05) is 29.2 Å². The van der Waals surface area contributed by atoms with Gasteiger partial charge in [0, 0.05) is 24.0 Å². The fourth-order valence-electron chi connectivity index (χ4n) is 4.23. The minimum atomic E-state index is -0.673. The van der Waals surface area contributed by atoms with E-state index in [1.165, 1.54) is 0 Å². The van der Waals surface area contributed by atoms with E-state index in [2.05, 4.69) is 0 Å². The first kappa shape index (κ1) is 15.0. The van der Waals surface area contributed by atoms with Crippen LogP contribution in [-0.4, -0.2) is 35.0 Å². The number of aliphatic carboxylic acids is 1. The van der Waals surface area contributed by atoms with Crippen LogP contribution in [0.15, 0.2) is 24.3 Å². The number of hydrogen-bond acceptors (Lipinski definition) is 2. The molecule has 1 saturated heterocycles. The average molecular weight is 334 g/mol. The second-order valence-corrected chi connectivity index (χ2v) is 7.72. The Labute approximate surface area is 140 Å². The van der Waals surface area contributed by atoms with E-state index in [9.17, 15) is 9.59 Å². The van der Waals surface area contributed by atoms with Gasteiger partial charge in [-0.25, -0.2) is 0 Å². The molecule has 1 N–H and O–H groups in total. The van der Waals surface area contributed by atoms with Gasteiger partial charge in [0.2, 0.25) is 5.91 Å². The van der Waals surface area contributed by atoms with Gasteiger partial charge in [-0.3, -0.25) is 9.59 Å². The van der Waals surface area contributed by atoms with E-state index in [4.69, 9.17) is 16.7 Å². The zero-order valence-electron chi connectivity index (χ0n) is 12.9. The molecule has 0 bridgehead atoms. The molecule has 122 valence electrons. The van der Waals surface area contributed by atoms with Crippen molar-refractivity contribution >= 4 is 23.5 Å². The third kappa shape index (κ3) is 2.63. The van der Waals surface area contributed by atoms with Crippen LogP contribution < -0.4 is 0 Å². The van der Waals surface area contributed by atoms with Crippen LogP contribution in [0.4, 0.5) is 0 Å². The summed E-state index contributed by atoms with van der Waals surface area (Å²) in [6.07, 6.45) is 3.37. The third-order valence-electron chi connectivity index (χ3n) is 5.94. The largest absolute Gasteiger partial charge is 0.481 e. The molecule has 1 aromatic rings. The number of carbonyl (C=O) groups excluding carboxylic acids is 1. The lowest BCUT2D eigenvalue weighted by Crippen LogP contribution is -2.41. The molecule has 1 heterocycles. The monoisotopic (exact) mass is 333 g/mol. The molecule has 1 aromatic carbocycles. The Hall–Kier alpha value is -1.55. The van der Waals surface area contributed by atoms with Gasteiger partial charge >= 0.3 is 5.97 Å². The molecule has 3 aliphatic rings. The molecular weight excluding hydrogens is 314 g/mol. The van der Waals surface area contributed by atoms with Crippen molar-refractivity contribution in [3.8, 4) is 0 Å². The normalized spacial score (nSPS) is 31.0. The Morgan fingerprint density at radius 3 is 2.61 bits per heavy atom. The van der Waals surface area contributed by atoms with Gasteiger partial charge in [-0.1, -0.05) is 23.7 Å². The van der Waals surface area contributed by atoms with Crippen molar-refractivity contribution in [2.24, 2.45) is 17.3 Å². The van der Waals surface area contributed by atoms with Crippen LogP contribution in [-0.2, 0) is 9.59 Å². The SMILES string of the molecule is O=C(O)C1CC12CCN(C(=O)C1CC1c1cccc(Cl)c1)CC2. The molecule has 4 nitrogen and oxygen atoms in total. The number of amides is 1. The van der Waals surface area contributed by atoms with Crippen molar-refractivity contribution in [2.75, 3.05) is 13.1 Å². The number of hydrogen-bond donors (Lipinski definition) is 1. The number of carbonyl (C=O) groups is 2. The summed E-state index contributed by atoms with van der Waals surface area (Å²) < 4.78 is 0. The number of carboxylic acid groups (broad SMARTS) is 1. The molecule has 0 radical (unpaired) electrons. The van der Waals surface area contributed by atoms with Crippen molar-refractivity contribution < 1.29 is 14.7 Å². The Morgan fingerprint density at radius 1 is 1.26 bits per heavy atom.